The molecule has 24 heavy (non-hydrogen) atoms. The zero-order chi connectivity index (χ0) is 17.9. The third-order valence-corrected chi connectivity index (χ3v) is 3.67. The maximum absolute atomic E-state index is 12.2. The standard InChI is InChI=1S/C18H25NO5/c1-3-4-5-9-12-16(17(21)22)19(14(2)20)18(23)24-13-15-10-7-6-8-11-15/h6-8,10-11,16H,3-5,9,12-13H2,1-2H3,(H,21,22). The predicted octanol–water partition coefficient (Wildman–Crippen LogP) is 3.60. The summed E-state index contributed by atoms with van der Waals surface area (Å²) in [5, 5.41) is 9.38. The SMILES string of the molecule is CCCCCCC(C(=O)O)N(C(C)=O)C(=O)OCc1ccccc1. The van der Waals surface area contributed by atoms with E-state index in [0.29, 0.717) is 11.3 Å². The van der Waals surface area contributed by atoms with Crippen molar-refractivity contribution in [1.29, 1.82) is 0 Å². The summed E-state index contributed by atoms with van der Waals surface area (Å²) in [5.74, 6) is -1.82. The summed E-state index contributed by atoms with van der Waals surface area (Å²) in [6.45, 7) is 3.22. The number of unbranched alkanes of at least 4 members (excludes halogenated alkanes) is 3. The third-order valence-electron chi connectivity index (χ3n) is 3.67. The molecule has 0 fully saturated rings. The number of carbonyl (C=O) groups excluding carboxylic acids is 2. The first kappa shape index (κ1) is 19.7. The van der Waals surface area contributed by atoms with Crippen molar-refractivity contribution in [3.63, 3.8) is 0 Å². The number of ether oxygens (including phenoxy) is 1. The molecule has 2 amide bonds. The maximum Gasteiger partial charge on any atom is 0.417 e. The minimum absolute atomic E-state index is 0.00831. The molecule has 6 nitrogen and oxygen atoms in total. The Morgan fingerprint density at radius 1 is 1.12 bits per heavy atom. The quantitative estimate of drug-likeness (QED) is 0.697. The van der Waals surface area contributed by atoms with Gasteiger partial charge in [-0.05, 0) is 12.0 Å². The Morgan fingerprint density at radius 3 is 2.33 bits per heavy atom. The molecule has 0 aliphatic rings. The largest absolute Gasteiger partial charge is 0.480 e. The van der Waals surface area contributed by atoms with Crippen LogP contribution >= 0.6 is 0 Å². The summed E-state index contributed by atoms with van der Waals surface area (Å²) < 4.78 is 5.11. The van der Waals surface area contributed by atoms with Crippen molar-refractivity contribution < 1.29 is 24.2 Å². The first-order valence-electron chi connectivity index (χ1n) is 8.20. The number of benzene rings is 1. The van der Waals surface area contributed by atoms with Crippen LogP contribution in [0.2, 0.25) is 0 Å². The molecule has 1 N–H and O–H groups in total. The number of imide groups is 1. The van der Waals surface area contributed by atoms with Gasteiger partial charge < -0.3 is 9.84 Å². The maximum atomic E-state index is 12.2. The number of amides is 2. The Balaban J connectivity index is 2.71. The van der Waals surface area contributed by atoms with Gasteiger partial charge in [0.2, 0.25) is 5.91 Å². The molecular weight excluding hydrogens is 310 g/mol. The number of carbonyl (C=O) groups is 3. The van der Waals surface area contributed by atoms with E-state index in [1.165, 1.54) is 6.92 Å². The van der Waals surface area contributed by atoms with Crippen molar-refractivity contribution in [2.24, 2.45) is 0 Å². The van der Waals surface area contributed by atoms with Crippen molar-refractivity contribution in [1.82, 2.24) is 4.90 Å². The molecule has 1 aromatic rings. The van der Waals surface area contributed by atoms with Crippen LogP contribution in [0.1, 0.15) is 51.5 Å². The van der Waals surface area contributed by atoms with Crippen LogP contribution in [0.5, 0.6) is 0 Å². The van der Waals surface area contributed by atoms with Crippen LogP contribution < -0.4 is 0 Å². The van der Waals surface area contributed by atoms with Crippen LogP contribution in [0.3, 0.4) is 0 Å². The predicted molar refractivity (Wildman–Crippen MR) is 89.3 cm³/mol. The number of nitrogens with zero attached hydrogens (tertiary/aromatic N) is 1. The molecule has 0 heterocycles. The van der Waals surface area contributed by atoms with Crippen LogP contribution in [0.15, 0.2) is 30.3 Å². The van der Waals surface area contributed by atoms with Gasteiger partial charge in [0.25, 0.3) is 0 Å². The zero-order valence-electron chi connectivity index (χ0n) is 14.2. The average molecular weight is 335 g/mol. The van der Waals surface area contributed by atoms with Crippen molar-refractivity contribution >= 4 is 18.0 Å². The number of carboxylic acid groups (broad SMARTS) is 1. The Labute approximate surface area is 142 Å². The molecule has 0 spiro atoms. The number of carboxylic acids is 1. The molecule has 1 rings (SSSR count). The lowest BCUT2D eigenvalue weighted by Crippen LogP contribution is -2.48. The summed E-state index contributed by atoms with van der Waals surface area (Å²) >= 11 is 0. The van der Waals surface area contributed by atoms with E-state index in [1.807, 2.05) is 6.07 Å². The first-order chi connectivity index (χ1) is 11.5. The molecule has 1 aromatic carbocycles. The fourth-order valence-corrected chi connectivity index (χ4v) is 2.39. The lowest BCUT2D eigenvalue weighted by atomic mass is 10.1. The summed E-state index contributed by atoms with van der Waals surface area (Å²) in [4.78, 5) is 36.2. The van der Waals surface area contributed by atoms with Crippen molar-refractivity contribution in [3.8, 4) is 0 Å². The van der Waals surface area contributed by atoms with E-state index in [-0.39, 0.29) is 13.0 Å². The van der Waals surface area contributed by atoms with Gasteiger partial charge in [-0.3, -0.25) is 4.79 Å². The lowest BCUT2D eigenvalue weighted by Gasteiger charge is -2.25. The smallest absolute Gasteiger partial charge is 0.417 e. The monoisotopic (exact) mass is 335 g/mol. The Hall–Kier alpha value is -2.37. The fourth-order valence-electron chi connectivity index (χ4n) is 2.39. The minimum atomic E-state index is -1.20. The number of hydrogen-bond acceptors (Lipinski definition) is 4. The number of hydrogen-bond donors (Lipinski definition) is 1. The number of rotatable bonds is 9. The Bertz CT molecular complexity index is 544. The molecule has 0 saturated carbocycles. The lowest BCUT2D eigenvalue weighted by molar-refractivity contribution is -0.148. The molecule has 0 radical (unpaired) electrons. The van der Waals surface area contributed by atoms with Crippen molar-refractivity contribution in [2.45, 2.75) is 58.6 Å². The molecule has 1 atom stereocenters. The van der Waals surface area contributed by atoms with Crippen LogP contribution in [0.25, 0.3) is 0 Å². The Kier molecular flexibility index (Phi) is 8.54. The highest BCUT2D eigenvalue weighted by atomic mass is 16.6. The molecule has 0 aliphatic heterocycles. The topological polar surface area (TPSA) is 83.9 Å². The molecular formula is C18H25NO5. The van der Waals surface area contributed by atoms with Gasteiger partial charge >= 0.3 is 12.1 Å². The summed E-state index contributed by atoms with van der Waals surface area (Å²) in [5.41, 5.74) is 0.768. The van der Waals surface area contributed by atoms with E-state index in [4.69, 9.17) is 4.74 Å². The van der Waals surface area contributed by atoms with Crippen LogP contribution in [-0.2, 0) is 20.9 Å². The fraction of sp³-hybridized carbons (Fsp3) is 0.500. The van der Waals surface area contributed by atoms with Gasteiger partial charge in [0.15, 0.2) is 0 Å². The molecule has 0 aliphatic carbocycles. The molecule has 0 saturated heterocycles. The highest BCUT2D eigenvalue weighted by Crippen LogP contribution is 2.14. The van der Waals surface area contributed by atoms with E-state index in [2.05, 4.69) is 6.92 Å². The molecule has 1 unspecified atom stereocenters. The summed E-state index contributed by atoms with van der Waals surface area (Å²) in [7, 11) is 0. The minimum Gasteiger partial charge on any atom is -0.480 e. The summed E-state index contributed by atoms with van der Waals surface area (Å²) in [6, 6.07) is 7.82. The van der Waals surface area contributed by atoms with Gasteiger partial charge in [-0.1, -0.05) is 62.9 Å². The van der Waals surface area contributed by atoms with E-state index >= 15 is 0 Å². The second kappa shape index (κ2) is 10.4. The van der Waals surface area contributed by atoms with E-state index in [9.17, 15) is 19.5 Å². The van der Waals surface area contributed by atoms with Gasteiger partial charge in [-0.25, -0.2) is 14.5 Å². The number of aliphatic carboxylic acids is 1. The van der Waals surface area contributed by atoms with Gasteiger partial charge in [0, 0.05) is 6.92 Å². The zero-order valence-corrected chi connectivity index (χ0v) is 14.2. The first-order valence-corrected chi connectivity index (χ1v) is 8.20. The molecule has 0 aromatic heterocycles. The van der Waals surface area contributed by atoms with Crippen molar-refractivity contribution in [2.75, 3.05) is 0 Å². The average Bonchev–Trinajstić information content (AvgIpc) is 2.56. The highest BCUT2D eigenvalue weighted by Gasteiger charge is 2.33. The van der Waals surface area contributed by atoms with Crippen molar-refractivity contribution in [3.05, 3.63) is 35.9 Å². The van der Waals surface area contributed by atoms with Crippen LogP contribution in [-0.4, -0.2) is 34.0 Å². The normalized spacial score (nSPS) is 11.6. The Morgan fingerprint density at radius 2 is 1.79 bits per heavy atom. The summed E-state index contributed by atoms with van der Waals surface area (Å²) in [6.07, 6.45) is 2.83. The van der Waals surface area contributed by atoms with E-state index < -0.39 is 24.0 Å². The molecule has 132 valence electrons. The van der Waals surface area contributed by atoms with Gasteiger partial charge in [0.1, 0.15) is 12.6 Å². The van der Waals surface area contributed by atoms with Gasteiger partial charge in [0.05, 0.1) is 0 Å². The second-order valence-corrected chi connectivity index (χ2v) is 5.63. The van der Waals surface area contributed by atoms with Gasteiger partial charge in [-0.15, -0.1) is 0 Å². The van der Waals surface area contributed by atoms with E-state index in [1.54, 1.807) is 24.3 Å². The highest BCUT2D eigenvalue weighted by molar-refractivity contribution is 5.95. The van der Waals surface area contributed by atoms with Gasteiger partial charge in [-0.2, -0.15) is 0 Å². The van der Waals surface area contributed by atoms with Crippen LogP contribution in [0, 0.1) is 0 Å². The molecule has 0 bridgehead atoms. The third kappa shape index (κ3) is 6.40. The van der Waals surface area contributed by atoms with Crippen LogP contribution in [0.4, 0.5) is 4.79 Å². The second-order valence-electron chi connectivity index (χ2n) is 5.63. The van der Waals surface area contributed by atoms with E-state index in [0.717, 1.165) is 24.8 Å². The molecule has 6 heteroatoms.